The maximum absolute atomic E-state index is 9.51. The van der Waals surface area contributed by atoms with Gasteiger partial charge in [-0.3, -0.25) is 4.90 Å². The number of hydrogen-bond acceptors (Lipinski definition) is 4. The Kier molecular flexibility index (Phi) is 5.53. The smallest absolute Gasteiger partial charge is 0.0670 e. The van der Waals surface area contributed by atoms with Crippen LogP contribution in [-0.4, -0.2) is 61.5 Å². The Bertz CT molecular complexity index is 170. The molecule has 1 aliphatic heterocycles. The highest BCUT2D eigenvalue weighted by atomic mass is 16.5. The third kappa shape index (κ3) is 3.72. The van der Waals surface area contributed by atoms with Gasteiger partial charge in [-0.1, -0.05) is 0 Å². The summed E-state index contributed by atoms with van der Waals surface area (Å²) in [5, 5.41) is 12.9. The van der Waals surface area contributed by atoms with E-state index in [2.05, 4.69) is 17.1 Å². The predicted octanol–water partition coefficient (Wildman–Crippen LogP) is 0.0692. The van der Waals surface area contributed by atoms with Crippen LogP contribution in [0, 0.1) is 0 Å². The van der Waals surface area contributed by atoms with Crippen molar-refractivity contribution in [2.75, 3.05) is 46.0 Å². The van der Waals surface area contributed by atoms with Crippen molar-refractivity contribution in [3.05, 3.63) is 0 Å². The van der Waals surface area contributed by atoms with Crippen molar-refractivity contribution in [3.8, 4) is 0 Å². The lowest BCUT2D eigenvalue weighted by Gasteiger charge is -2.39. The molecular formula is C11H24N2O2. The minimum absolute atomic E-state index is 0.160. The summed E-state index contributed by atoms with van der Waals surface area (Å²) in [6.07, 6.45) is 1.14. The molecule has 1 rings (SSSR count). The zero-order chi connectivity index (χ0) is 11.1. The molecule has 1 atom stereocenters. The SMILES string of the molecule is CCOCC(C)(CO)N1CCCNCC1. The molecule has 0 aromatic carbocycles. The van der Waals surface area contributed by atoms with Crippen LogP contribution in [0.1, 0.15) is 20.3 Å². The van der Waals surface area contributed by atoms with Gasteiger partial charge < -0.3 is 15.2 Å². The van der Waals surface area contributed by atoms with Crippen molar-refractivity contribution in [3.63, 3.8) is 0 Å². The normalized spacial score (nSPS) is 23.4. The molecule has 0 amide bonds. The maximum Gasteiger partial charge on any atom is 0.0670 e. The monoisotopic (exact) mass is 216 g/mol. The number of rotatable bonds is 5. The Morgan fingerprint density at radius 3 is 2.87 bits per heavy atom. The van der Waals surface area contributed by atoms with Crippen molar-refractivity contribution in [1.82, 2.24) is 10.2 Å². The van der Waals surface area contributed by atoms with Gasteiger partial charge >= 0.3 is 0 Å². The van der Waals surface area contributed by atoms with Gasteiger partial charge in [0, 0.05) is 26.2 Å². The van der Waals surface area contributed by atoms with Crippen LogP contribution in [0.2, 0.25) is 0 Å². The fourth-order valence-electron chi connectivity index (χ4n) is 1.94. The number of hydrogen-bond donors (Lipinski definition) is 2. The topological polar surface area (TPSA) is 44.7 Å². The van der Waals surface area contributed by atoms with Crippen LogP contribution in [0.3, 0.4) is 0 Å². The van der Waals surface area contributed by atoms with Crippen LogP contribution in [0.5, 0.6) is 0 Å². The summed E-state index contributed by atoms with van der Waals surface area (Å²) < 4.78 is 5.46. The number of nitrogens with zero attached hydrogens (tertiary/aromatic N) is 1. The molecule has 1 heterocycles. The Balaban J connectivity index is 2.52. The molecule has 1 fully saturated rings. The summed E-state index contributed by atoms with van der Waals surface area (Å²) in [4.78, 5) is 2.34. The minimum Gasteiger partial charge on any atom is -0.394 e. The van der Waals surface area contributed by atoms with E-state index in [0.717, 1.165) is 32.6 Å². The molecule has 0 aromatic heterocycles. The van der Waals surface area contributed by atoms with E-state index < -0.39 is 0 Å². The molecule has 0 aliphatic carbocycles. The molecule has 4 heteroatoms. The van der Waals surface area contributed by atoms with E-state index in [1.807, 2.05) is 6.92 Å². The van der Waals surface area contributed by atoms with Gasteiger partial charge in [0.2, 0.25) is 0 Å². The largest absolute Gasteiger partial charge is 0.394 e. The molecule has 4 nitrogen and oxygen atoms in total. The highest BCUT2D eigenvalue weighted by Gasteiger charge is 2.31. The van der Waals surface area contributed by atoms with E-state index in [1.165, 1.54) is 0 Å². The van der Waals surface area contributed by atoms with Crippen LogP contribution in [-0.2, 0) is 4.74 Å². The van der Waals surface area contributed by atoms with Crippen LogP contribution in [0.25, 0.3) is 0 Å². The number of ether oxygens (including phenoxy) is 1. The molecule has 1 aliphatic rings. The summed E-state index contributed by atoms with van der Waals surface area (Å²) in [7, 11) is 0. The summed E-state index contributed by atoms with van der Waals surface area (Å²) in [5.41, 5.74) is -0.220. The Morgan fingerprint density at radius 2 is 2.20 bits per heavy atom. The molecule has 1 saturated heterocycles. The Morgan fingerprint density at radius 1 is 1.40 bits per heavy atom. The van der Waals surface area contributed by atoms with E-state index >= 15 is 0 Å². The van der Waals surface area contributed by atoms with Crippen molar-refractivity contribution in [2.24, 2.45) is 0 Å². The molecule has 2 N–H and O–H groups in total. The molecule has 0 spiro atoms. The second kappa shape index (κ2) is 6.43. The average molecular weight is 216 g/mol. The van der Waals surface area contributed by atoms with E-state index in [9.17, 15) is 5.11 Å². The van der Waals surface area contributed by atoms with Gasteiger partial charge in [-0.2, -0.15) is 0 Å². The van der Waals surface area contributed by atoms with E-state index in [-0.39, 0.29) is 12.1 Å². The van der Waals surface area contributed by atoms with E-state index in [4.69, 9.17) is 4.74 Å². The third-order valence-corrected chi connectivity index (χ3v) is 3.06. The third-order valence-electron chi connectivity index (χ3n) is 3.06. The molecule has 0 radical (unpaired) electrons. The second-order valence-electron chi connectivity index (χ2n) is 4.38. The lowest BCUT2D eigenvalue weighted by Crippen LogP contribution is -2.53. The first-order valence-electron chi connectivity index (χ1n) is 5.87. The number of aliphatic hydroxyl groups excluding tert-OH is 1. The molecule has 0 saturated carbocycles. The van der Waals surface area contributed by atoms with Crippen molar-refractivity contribution < 1.29 is 9.84 Å². The molecular weight excluding hydrogens is 192 g/mol. The Labute approximate surface area is 92.6 Å². The number of aliphatic hydroxyl groups is 1. The van der Waals surface area contributed by atoms with Crippen molar-refractivity contribution in [2.45, 2.75) is 25.8 Å². The standard InChI is InChI=1S/C11H24N2O2/c1-3-15-10-11(2,9-14)13-7-4-5-12-6-8-13/h12,14H,3-10H2,1-2H3. The predicted molar refractivity (Wildman–Crippen MR) is 61.0 cm³/mol. The van der Waals surface area contributed by atoms with Crippen LogP contribution in [0.4, 0.5) is 0 Å². The molecule has 0 bridgehead atoms. The van der Waals surface area contributed by atoms with Crippen molar-refractivity contribution >= 4 is 0 Å². The molecule has 0 aromatic rings. The maximum atomic E-state index is 9.51. The molecule has 15 heavy (non-hydrogen) atoms. The highest BCUT2D eigenvalue weighted by Crippen LogP contribution is 2.16. The second-order valence-corrected chi connectivity index (χ2v) is 4.38. The summed E-state index contributed by atoms with van der Waals surface area (Å²) >= 11 is 0. The first-order valence-corrected chi connectivity index (χ1v) is 5.87. The van der Waals surface area contributed by atoms with Gasteiger partial charge in [0.1, 0.15) is 0 Å². The Hall–Kier alpha value is -0.160. The fourth-order valence-corrected chi connectivity index (χ4v) is 1.94. The zero-order valence-corrected chi connectivity index (χ0v) is 9.96. The quantitative estimate of drug-likeness (QED) is 0.682. The van der Waals surface area contributed by atoms with Gasteiger partial charge in [0.05, 0.1) is 18.8 Å². The lowest BCUT2D eigenvalue weighted by molar-refractivity contribution is -0.0244. The van der Waals surface area contributed by atoms with Gasteiger partial charge in [-0.15, -0.1) is 0 Å². The van der Waals surface area contributed by atoms with Crippen LogP contribution >= 0.6 is 0 Å². The summed E-state index contributed by atoms with van der Waals surface area (Å²) in [5.74, 6) is 0. The van der Waals surface area contributed by atoms with Gasteiger partial charge in [0.15, 0.2) is 0 Å². The molecule has 1 unspecified atom stereocenters. The van der Waals surface area contributed by atoms with E-state index in [1.54, 1.807) is 0 Å². The van der Waals surface area contributed by atoms with Gasteiger partial charge in [-0.25, -0.2) is 0 Å². The van der Waals surface area contributed by atoms with Gasteiger partial charge in [-0.05, 0) is 26.8 Å². The first-order chi connectivity index (χ1) is 7.23. The summed E-state index contributed by atoms with van der Waals surface area (Å²) in [6, 6.07) is 0. The lowest BCUT2D eigenvalue weighted by atomic mass is 10.0. The zero-order valence-electron chi connectivity index (χ0n) is 9.96. The van der Waals surface area contributed by atoms with Crippen LogP contribution < -0.4 is 5.32 Å². The summed E-state index contributed by atoms with van der Waals surface area (Å²) in [6.45, 7) is 9.65. The fraction of sp³-hybridized carbons (Fsp3) is 1.00. The molecule has 90 valence electrons. The first kappa shape index (κ1) is 12.9. The van der Waals surface area contributed by atoms with Gasteiger partial charge in [0.25, 0.3) is 0 Å². The van der Waals surface area contributed by atoms with Crippen LogP contribution in [0.15, 0.2) is 0 Å². The number of nitrogens with one attached hydrogen (secondary N) is 1. The average Bonchev–Trinajstić information content (AvgIpc) is 2.54. The van der Waals surface area contributed by atoms with Crippen molar-refractivity contribution in [1.29, 1.82) is 0 Å². The minimum atomic E-state index is -0.220. The highest BCUT2D eigenvalue weighted by molar-refractivity contribution is 4.87. The van der Waals surface area contributed by atoms with E-state index in [0.29, 0.717) is 13.2 Å².